The molecule has 0 bridgehead atoms. The summed E-state index contributed by atoms with van der Waals surface area (Å²) >= 11 is 1.28. The van der Waals surface area contributed by atoms with E-state index in [1.165, 1.54) is 17.6 Å². The standard InChI is InChI=1S/C20H15F3N4O2S/c21-20(22,23)17-10-13(16-6-3-9-30-16)25-18-12(11-24-27(17)18)19(28)26-7-1-4-14(26)15-5-2-8-29-15/h2-3,5-6,8-11,14H,1,4,7H2. The highest BCUT2D eigenvalue weighted by Gasteiger charge is 2.38. The van der Waals surface area contributed by atoms with Crippen molar-refractivity contribution < 1.29 is 22.4 Å². The summed E-state index contributed by atoms with van der Waals surface area (Å²) in [6.45, 7) is 0.484. The zero-order chi connectivity index (χ0) is 20.9. The van der Waals surface area contributed by atoms with Crippen LogP contribution in [-0.2, 0) is 6.18 Å². The van der Waals surface area contributed by atoms with Crippen molar-refractivity contribution in [3.63, 3.8) is 0 Å². The largest absolute Gasteiger partial charge is 0.467 e. The van der Waals surface area contributed by atoms with Crippen molar-refractivity contribution in [2.24, 2.45) is 0 Å². The molecule has 30 heavy (non-hydrogen) atoms. The second-order valence-corrected chi connectivity index (χ2v) is 7.92. The molecule has 4 aromatic heterocycles. The number of likely N-dealkylation sites (tertiary alicyclic amines) is 1. The molecule has 1 atom stereocenters. The van der Waals surface area contributed by atoms with Crippen LogP contribution in [0.5, 0.6) is 0 Å². The van der Waals surface area contributed by atoms with Gasteiger partial charge in [0.05, 0.1) is 29.1 Å². The monoisotopic (exact) mass is 432 g/mol. The summed E-state index contributed by atoms with van der Waals surface area (Å²) in [6.07, 6.45) is -0.451. The van der Waals surface area contributed by atoms with Gasteiger partial charge in [-0.2, -0.15) is 18.3 Å². The van der Waals surface area contributed by atoms with E-state index in [2.05, 4.69) is 10.1 Å². The lowest BCUT2D eigenvalue weighted by atomic mass is 10.1. The fourth-order valence-corrected chi connectivity index (χ4v) is 4.49. The normalized spacial score (nSPS) is 17.2. The van der Waals surface area contributed by atoms with Gasteiger partial charge in [-0.05, 0) is 42.5 Å². The number of fused-ring (bicyclic) bond motifs is 1. The van der Waals surface area contributed by atoms with E-state index in [0.717, 1.165) is 25.1 Å². The summed E-state index contributed by atoms with van der Waals surface area (Å²) in [4.78, 5) is 19.9. The van der Waals surface area contributed by atoms with Crippen LogP contribution < -0.4 is 0 Å². The minimum absolute atomic E-state index is 0.0392. The minimum atomic E-state index is -4.65. The van der Waals surface area contributed by atoms with E-state index in [1.807, 2.05) is 0 Å². The van der Waals surface area contributed by atoms with Gasteiger partial charge in [-0.3, -0.25) is 4.79 Å². The van der Waals surface area contributed by atoms with E-state index in [9.17, 15) is 18.0 Å². The maximum Gasteiger partial charge on any atom is 0.433 e. The average Bonchev–Trinajstić information content (AvgIpc) is 3.52. The van der Waals surface area contributed by atoms with E-state index in [1.54, 1.807) is 34.5 Å². The number of nitrogens with zero attached hydrogens (tertiary/aromatic N) is 4. The summed E-state index contributed by atoms with van der Waals surface area (Å²) in [6, 6.07) is 7.67. The summed E-state index contributed by atoms with van der Waals surface area (Å²) in [7, 11) is 0. The predicted octanol–water partition coefficient (Wildman–Crippen LogP) is 5.05. The molecule has 0 aromatic carbocycles. The van der Waals surface area contributed by atoms with E-state index in [4.69, 9.17) is 4.42 Å². The number of thiophene rings is 1. The van der Waals surface area contributed by atoms with Gasteiger partial charge in [-0.1, -0.05) is 6.07 Å². The third kappa shape index (κ3) is 3.07. The van der Waals surface area contributed by atoms with Crippen molar-refractivity contribution in [2.75, 3.05) is 6.54 Å². The van der Waals surface area contributed by atoms with Gasteiger partial charge >= 0.3 is 6.18 Å². The Balaban J connectivity index is 1.63. The van der Waals surface area contributed by atoms with Crippen molar-refractivity contribution in [1.82, 2.24) is 19.5 Å². The van der Waals surface area contributed by atoms with Gasteiger partial charge in [-0.25, -0.2) is 9.50 Å². The molecule has 1 aliphatic heterocycles. The molecule has 0 aliphatic carbocycles. The number of aromatic nitrogens is 3. The molecule has 1 amide bonds. The van der Waals surface area contributed by atoms with E-state index in [0.29, 0.717) is 21.7 Å². The van der Waals surface area contributed by atoms with Gasteiger partial charge in [0.15, 0.2) is 11.3 Å². The molecular weight excluding hydrogens is 417 g/mol. The van der Waals surface area contributed by atoms with Crippen LogP contribution in [0.25, 0.3) is 16.2 Å². The quantitative estimate of drug-likeness (QED) is 0.455. The highest BCUT2D eigenvalue weighted by Crippen LogP contribution is 2.36. The second kappa shape index (κ2) is 6.98. The van der Waals surface area contributed by atoms with Crippen molar-refractivity contribution in [3.8, 4) is 10.6 Å². The lowest BCUT2D eigenvalue weighted by molar-refractivity contribution is -0.142. The molecule has 0 N–H and O–H groups in total. The van der Waals surface area contributed by atoms with Crippen molar-refractivity contribution in [1.29, 1.82) is 0 Å². The van der Waals surface area contributed by atoms with Crippen molar-refractivity contribution in [2.45, 2.75) is 25.1 Å². The van der Waals surface area contributed by atoms with Crippen LogP contribution in [0.4, 0.5) is 13.2 Å². The minimum Gasteiger partial charge on any atom is -0.467 e. The smallest absolute Gasteiger partial charge is 0.433 e. The van der Waals surface area contributed by atoms with Gasteiger partial charge in [-0.15, -0.1) is 11.3 Å². The van der Waals surface area contributed by atoms with Crippen LogP contribution in [0.3, 0.4) is 0 Å². The number of amides is 1. The number of hydrogen-bond acceptors (Lipinski definition) is 5. The summed E-state index contributed by atoms with van der Waals surface area (Å²) in [5.41, 5.74) is -0.886. The first-order valence-electron chi connectivity index (χ1n) is 9.28. The first kappa shape index (κ1) is 18.9. The number of carbonyl (C=O) groups excluding carboxylic acids is 1. The van der Waals surface area contributed by atoms with Crippen LogP contribution in [0, 0.1) is 0 Å². The predicted molar refractivity (Wildman–Crippen MR) is 103 cm³/mol. The number of furan rings is 1. The summed E-state index contributed by atoms with van der Waals surface area (Å²) in [5, 5.41) is 5.61. The molecule has 10 heteroatoms. The fourth-order valence-electron chi connectivity index (χ4n) is 3.81. The maximum atomic E-state index is 13.7. The summed E-state index contributed by atoms with van der Waals surface area (Å²) < 4.78 is 47.3. The highest BCUT2D eigenvalue weighted by molar-refractivity contribution is 7.13. The van der Waals surface area contributed by atoms with Gasteiger partial charge in [0.2, 0.25) is 0 Å². The molecule has 1 saturated heterocycles. The third-order valence-electron chi connectivity index (χ3n) is 5.15. The molecule has 1 aliphatic rings. The van der Waals surface area contributed by atoms with Gasteiger partial charge < -0.3 is 9.32 Å². The molecule has 1 fully saturated rings. The Morgan fingerprint density at radius 3 is 2.83 bits per heavy atom. The molecular formula is C20H15F3N4O2S. The first-order valence-corrected chi connectivity index (χ1v) is 10.2. The van der Waals surface area contributed by atoms with E-state index < -0.39 is 17.8 Å². The van der Waals surface area contributed by atoms with E-state index in [-0.39, 0.29) is 22.9 Å². The SMILES string of the molecule is O=C(c1cnn2c(C(F)(F)F)cc(-c3cccs3)nc12)N1CCCC1c1ccco1. The fraction of sp³-hybridized carbons (Fsp3) is 0.250. The Morgan fingerprint density at radius 1 is 1.27 bits per heavy atom. The van der Waals surface area contributed by atoms with Gasteiger partial charge in [0.25, 0.3) is 5.91 Å². The number of carbonyl (C=O) groups is 1. The van der Waals surface area contributed by atoms with Crippen LogP contribution in [0.2, 0.25) is 0 Å². The van der Waals surface area contributed by atoms with Crippen LogP contribution >= 0.6 is 11.3 Å². The Kier molecular flexibility index (Phi) is 4.39. The Bertz CT molecular complexity index is 1200. The summed E-state index contributed by atoms with van der Waals surface area (Å²) in [5.74, 6) is 0.244. The molecule has 4 aromatic rings. The molecule has 0 radical (unpaired) electrons. The zero-order valence-electron chi connectivity index (χ0n) is 15.5. The Morgan fingerprint density at radius 2 is 2.13 bits per heavy atom. The molecule has 5 heterocycles. The lowest BCUT2D eigenvalue weighted by Crippen LogP contribution is -2.30. The zero-order valence-corrected chi connectivity index (χ0v) is 16.3. The number of hydrogen-bond donors (Lipinski definition) is 0. The molecule has 5 rings (SSSR count). The number of alkyl halides is 3. The van der Waals surface area contributed by atoms with Gasteiger partial charge in [0.1, 0.15) is 11.3 Å². The van der Waals surface area contributed by atoms with Crippen molar-refractivity contribution in [3.05, 3.63) is 65.2 Å². The molecule has 154 valence electrons. The topological polar surface area (TPSA) is 63.6 Å². The maximum absolute atomic E-state index is 13.7. The Labute approximate surface area is 172 Å². The number of halogens is 3. The van der Waals surface area contributed by atoms with Crippen molar-refractivity contribution >= 4 is 22.9 Å². The lowest BCUT2D eigenvalue weighted by Gasteiger charge is -2.22. The van der Waals surface area contributed by atoms with Crippen LogP contribution in [0.1, 0.15) is 40.7 Å². The molecule has 0 spiro atoms. The number of rotatable bonds is 3. The van der Waals surface area contributed by atoms with Crippen LogP contribution in [-0.4, -0.2) is 31.9 Å². The van der Waals surface area contributed by atoms with Gasteiger partial charge in [0, 0.05) is 6.54 Å². The van der Waals surface area contributed by atoms with E-state index >= 15 is 0 Å². The highest BCUT2D eigenvalue weighted by atomic mass is 32.1. The van der Waals surface area contributed by atoms with Crippen LogP contribution in [0.15, 0.2) is 52.6 Å². The molecule has 1 unspecified atom stereocenters. The third-order valence-corrected chi connectivity index (χ3v) is 6.04. The Hall–Kier alpha value is -3.14. The molecule has 6 nitrogen and oxygen atoms in total. The second-order valence-electron chi connectivity index (χ2n) is 6.97. The molecule has 0 saturated carbocycles. The average molecular weight is 432 g/mol. The first-order chi connectivity index (χ1) is 14.4.